The number of aryl methyl sites for hydroxylation is 2. The van der Waals surface area contributed by atoms with Crippen LogP contribution in [0.15, 0.2) is 30.6 Å². The molecule has 5 nitrogen and oxygen atoms in total. The summed E-state index contributed by atoms with van der Waals surface area (Å²) in [5.41, 5.74) is 3.76. The SMILES string of the molecule is COc1cc(C)n2c(-c3ccncc3)nc(C)c2n1. The van der Waals surface area contributed by atoms with Crippen LogP contribution in [0.25, 0.3) is 17.0 Å². The van der Waals surface area contributed by atoms with Crippen molar-refractivity contribution in [3.8, 4) is 17.3 Å². The molecule has 0 fully saturated rings. The molecule has 0 atom stereocenters. The first-order valence-corrected chi connectivity index (χ1v) is 6.02. The maximum atomic E-state index is 5.21. The summed E-state index contributed by atoms with van der Waals surface area (Å²) < 4.78 is 7.25. The van der Waals surface area contributed by atoms with Crippen LogP contribution in [0.4, 0.5) is 0 Å². The summed E-state index contributed by atoms with van der Waals surface area (Å²) in [6.45, 7) is 3.97. The molecule has 0 unspecified atom stereocenters. The Kier molecular flexibility index (Phi) is 2.67. The highest BCUT2D eigenvalue weighted by atomic mass is 16.5. The fourth-order valence-corrected chi connectivity index (χ4v) is 2.17. The van der Waals surface area contributed by atoms with E-state index in [1.54, 1.807) is 19.5 Å². The Labute approximate surface area is 110 Å². The largest absolute Gasteiger partial charge is 0.481 e. The van der Waals surface area contributed by atoms with Gasteiger partial charge in [0.2, 0.25) is 5.88 Å². The van der Waals surface area contributed by atoms with E-state index in [1.807, 2.05) is 36.4 Å². The van der Waals surface area contributed by atoms with E-state index in [1.165, 1.54) is 0 Å². The van der Waals surface area contributed by atoms with Crippen molar-refractivity contribution in [3.05, 3.63) is 42.0 Å². The summed E-state index contributed by atoms with van der Waals surface area (Å²) >= 11 is 0. The summed E-state index contributed by atoms with van der Waals surface area (Å²) in [4.78, 5) is 13.1. The Morgan fingerprint density at radius 2 is 1.84 bits per heavy atom. The van der Waals surface area contributed by atoms with Crippen molar-refractivity contribution in [2.45, 2.75) is 13.8 Å². The minimum Gasteiger partial charge on any atom is -0.481 e. The third kappa shape index (κ3) is 1.83. The second-order valence-corrected chi connectivity index (χ2v) is 4.36. The molecule has 19 heavy (non-hydrogen) atoms. The number of imidazole rings is 1. The van der Waals surface area contributed by atoms with Gasteiger partial charge in [-0.15, -0.1) is 0 Å². The molecule has 0 spiro atoms. The van der Waals surface area contributed by atoms with Crippen molar-refractivity contribution in [1.29, 1.82) is 0 Å². The number of nitrogens with zero attached hydrogens (tertiary/aromatic N) is 4. The number of hydrogen-bond donors (Lipinski definition) is 0. The molecule has 0 aliphatic rings. The van der Waals surface area contributed by atoms with Crippen LogP contribution in [0, 0.1) is 13.8 Å². The van der Waals surface area contributed by atoms with E-state index in [0.717, 1.165) is 28.4 Å². The topological polar surface area (TPSA) is 52.3 Å². The minimum atomic E-state index is 0.606. The second kappa shape index (κ2) is 4.35. The second-order valence-electron chi connectivity index (χ2n) is 4.36. The third-order valence-corrected chi connectivity index (χ3v) is 3.07. The van der Waals surface area contributed by atoms with E-state index in [-0.39, 0.29) is 0 Å². The van der Waals surface area contributed by atoms with Crippen LogP contribution in [0.2, 0.25) is 0 Å². The smallest absolute Gasteiger partial charge is 0.216 e. The van der Waals surface area contributed by atoms with Gasteiger partial charge in [0.25, 0.3) is 0 Å². The maximum absolute atomic E-state index is 5.21. The molecule has 0 aliphatic heterocycles. The summed E-state index contributed by atoms with van der Waals surface area (Å²) in [6.07, 6.45) is 3.52. The van der Waals surface area contributed by atoms with Gasteiger partial charge in [-0.3, -0.25) is 9.38 Å². The van der Waals surface area contributed by atoms with Gasteiger partial charge < -0.3 is 4.74 Å². The van der Waals surface area contributed by atoms with Crippen molar-refractivity contribution in [2.24, 2.45) is 0 Å². The van der Waals surface area contributed by atoms with Gasteiger partial charge in [0.05, 0.1) is 12.8 Å². The van der Waals surface area contributed by atoms with Crippen LogP contribution in [-0.2, 0) is 0 Å². The molecule has 96 valence electrons. The Balaban J connectivity index is 2.34. The summed E-state index contributed by atoms with van der Waals surface area (Å²) in [5, 5.41) is 0. The van der Waals surface area contributed by atoms with Gasteiger partial charge in [-0.25, -0.2) is 4.98 Å². The molecule has 3 aromatic heterocycles. The Morgan fingerprint density at radius 3 is 2.53 bits per heavy atom. The fourth-order valence-electron chi connectivity index (χ4n) is 2.17. The van der Waals surface area contributed by atoms with Crippen LogP contribution in [0.3, 0.4) is 0 Å². The first-order chi connectivity index (χ1) is 9.20. The average Bonchev–Trinajstić information content (AvgIpc) is 2.78. The third-order valence-electron chi connectivity index (χ3n) is 3.07. The Hall–Kier alpha value is -2.43. The molecular weight excluding hydrogens is 240 g/mol. The van der Waals surface area contributed by atoms with Gasteiger partial charge in [-0.2, -0.15) is 4.98 Å². The fraction of sp³-hybridized carbons (Fsp3) is 0.214. The molecule has 0 N–H and O–H groups in total. The van der Waals surface area contributed by atoms with Crippen LogP contribution in [-0.4, -0.2) is 26.5 Å². The van der Waals surface area contributed by atoms with Gasteiger partial charge in [0.15, 0.2) is 5.65 Å². The zero-order valence-electron chi connectivity index (χ0n) is 11.1. The first kappa shape index (κ1) is 11.6. The predicted molar refractivity (Wildman–Crippen MR) is 72.2 cm³/mol. The number of pyridine rings is 1. The maximum Gasteiger partial charge on any atom is 0.216 e. The molecule has 0 aliphatic carbocycles. The van der Waals surface area contributed by atoms with Crippen molar-refractivity contribution >= 4 is 5.65 Å². The van der Waals surface area contributed by atoms with Gasteiger partial charge in [0, 0.05) is 29.7 Å². The van der Waals surface area contributed by atoms with E-state index in [9.17, 15) is 0 Å². The van der Waals surface area contributed by atoms with Crippen LogP contribution >= 0.6 is 0 Å². The minimum absolute atomic E-state index is 0.606. The van der Waals surface area contributed by atoms with Crippen LogP contribution < -0.4 is 4.74 Å². The lowest BCUT2D eigenvalue weighted by Crippen LogP contribution is -1.99. The summed E-state index contributed by atoms with van der Waals surface area (Å²) in [7, 11) is 1.62. The highest BCUT2D eigenvalue weighted by Gasteiger charge is 2.14. The van der Waals surface area contributed by atoms with Gasteiger partial charge >= 0.3 is 0 Å². The van der Waals surface area contributed by atoms with Crippen LogP contribution in [0.5, 0.6) is 5.88 Å². The van der Waals surface area contributed by atoms with E-state index in [2.05, 4.69) is 15.0 Å². The van der Waals surface area contributed by atoms with Crippen molar-refractivity contribution in [1.82, 2.24) is 19.4 Å². The van der Waals surface area contributed by atoms with E-state index < -0.39 is 0 Å². The van der Waals surface area contributed by atoms with E-state index >= 15 is 0 Å². The lowest BCUT2D eigenvalue weighted by molar-refractivity contribution is 0.398. The molecule has 0 radical (unpaired) electrons. The molecule has 3 rings (SSSR count). The molecule has 5 heteroatoms. The number of aromatic nitrogens is 4. The van der Waals surface area contributed by atoms with Crippen molar-refractivity contribution in [2.75, 3.05) is 7.11 Å². The molecular formula is C14H14N4O. The van der Waals surface area contributed by atoms with Crippen molar-refractivity contribution in [3.63, 3.8) is 0 Å². The lowest BCUT2D eigenvalue weighted by atomic mass is 10.2. The number of rotatable bonds is 2. The zero-order chi connectivity index (χ0) is 13.4. The van der Waals surface area contributed by atoms with E-state index in [0.29, 0.717) is 5.88 Å². The molecule has 0 saturated heterocycles. The van der Waals surface area contributed by atoms with Crippen molar-refractivity contribution < 1.29 is 4.74 Å². The number of methoxy groups -OCH3 is 1. The standard InChI is InChI=1S/C14H14N4O/c1-9-8-12(19-3)17-13-10(2)16-14(18(9)13)11-4-6-15-7-5-11/h4-8H,1-3H3. The van der Waals surface area contributed by atoms with Gasteiger partial charge in [-0.1, -0.05) is 0 Å². The summed E-state index contributed by atoms with van der Waals surface area (Å²) in [6, 6.07) is 5.79. The normalized spacial score (nSPS) is 10.9. The summed E-state index contributed by atoms with van der Waals surface area (Å²) in [5.74, 6) is 1.48. The van der Waals surface area contributed by atoms with Gasteiger partial charge in [-0.05, 0) is 26.0 Å². The molecule has 3 heterocycles. The first-order valence-electron chi connectivity index (χ1n) is 6.02. The number of hydrogen-bond acceptors (Lipinski definition) is 4. The Morgan fingerprint density at radius 1 is 1.11 bits per heavy atom. The number of fused-ring (bicyclic) bond motifs is 1. The Bertz CT molecular complexity index is 734. The molecule has 0 saturated carbocycles. The molecule has 0 bridgehead atoms. The monoisotopic (exact) mass is 254 g/mol. The predicted octanol–water partition coefficient (Wildman–Crippen LogP) is 2.42. The van der Waals surface area contributed by atoms with Crippen LogP contribution in [0.1, 0.15) is 11.4 Å². The highest BCUT2D eigenvalue weighted by Crippen LogP contribution is 2.24. The number of ether oxygens (including phenoxy) is 1. The average molecular weight is 254 g/mol. The zero-order valence-corrected chi connectivity index (χ0v) is 11.1. The lowest BCUT2D eigenvalue weighted by Gasteiger charge is -2.06. The molecule has 3 aromatic rings. The van der Waals surface area contributed by atoms with E-state index in [4.69, 9.17) is 4.74 Å². The molecule has 0 aromatic carbocycles. The molecule has 0 amide bonds. The van der Waals surface area contributed by atoms with Gasteiger partial charge in [0.1, 0.15) is 5.82 Å². The quantitative estimate of drug-likeness (QED) is 0.704. The highest BCUT2D eigenvalue weighted by molar-refractivity contribution is 5.63.